The van der Waals surface area contributed by atoms with E-state index in [2.05, 4.69) is 30.2 Å². The molecule has 2 fully saturated rings. The Morgan fingerprint density at radius 2 is 1.86 bits per heavy atom. The quantitative estimate of drug-likeness (QED) is 0.432. The molecule has 2 aromatic heterocycles. The van der Waals surface area contributed by atoms with Gasteiger partial charge in [-0.25, -0.2) is 14.6 Å². The van der Waals surface area contributed by atoms with Crippen molar-refractivity contribution < 1.29 is 14.3 Å². The summed E-state index contributed by atoms with van der Waals surface area (Å²) in [4.78, 5) is 26.2. The van der Waals surface area contributed by atoms with Crippen molar-refractivity contribution >= 4 is 34.1 Å². The van der Waals surface area contributed by atoms with E-state index in [4.69, 9.17) is 9.47 Å². The number of hydrogen-bond acceptors (Lipinski definition) is 8. The molecule has 1 unspecified atom stereocenters. The maximum Gasteiger partial charge on any atom is 0.253 e. The van der Waals surface area contributed by atoms with Gasteiger partial charge in [0.05, 0.1) is 30.1 Å². The van der Waals surface area contributed by atoms with Crippen LogP contribution >= 0.6 is 0 Å². The molecule has 4 aromatic rings. The third-order valence-corrected chi connectivity index (χ3v) is 6.93. The summed E-state index contributed by atoms with van der Waals surface area (Å²) < 4.78 is 13.0. The number of methoxy groups -OCH3 is 1. The fraction of sp³-hybridized carbons (Fsp3) is 0.333. The molecular weight excluding hydrogens is 470 g/mol. The van der Waals surface area contributed by atoms with Crippen LogP contribution in [0.1, 0.15) is 12.8 Å². The lowest BCUT2D eigenvalue weighted by molar-refractivity contribution is -0.124. The number of carbonyl (C=O) groups is 1. The van der Waals surface area contributed by atoms with Gasteiger partial charge in [0.15, 0.2) is 5.65 Å². The number of amides is 1. The average Bonchev–Trinajstić information content (AvgIpc) is 3.64. The number of hydrogen-bond donors (Lipinski definition) is 1. The number of rotatable bonds is 6. The monoisotopic (exact) mass is 499 g/mol. The average molecular weight is 500 g/mol. The Kier molecular flexibility index (Phi) is 6.32. The van der Waals surface area contributed by atoms with Crippen LogP contribution in [0, 0.1) is 0 Å². The standard InChI is InChI=1S/C27H29N7O3/c1-36-23-10-9-19(31-27(35)24-8-5-15-37-24)16-22(23)32-11-13-33(14-12-32)25-21-17-30-34(26(21)29-18-28-25)20-6-3-2-4-7-20/h2-4,6-7,9-10,16-18,24H,5,8,11-15H2,1H3,(H,31,35). The summed E-state index contributed by atoms with van der Waals surface area (Å²) in [6.45, 7) is 3.74. The second kappa shape index (κ2) is 10.1. The number of nitrogens with zero attached hydrogens (tertiary/aromatic N) is 6. The van der Waals surface area contributed by atoms with Crippen molar-refractivity contribution in [2.24, 2.45) is 0 Å². The molecule has 0 aliphatic carbocycles. The summed E-state index contributed by atoms with van der Waals surface area (Å²) in [7, 11) is 1.67. The van der Waals surface area contributed by atoms with Gasteiger partial charge >= 0.3 is 0 Å². The highest BCUT2D eigenvalue weighted by molar-refractivity contribution is 5.95. The molecule has 37 heavy (non-hydrogen) atoms. The molecule has 6 rings (SSSR count). The van der Waals surface area contributed by atoms with Gasteiger partial charge in [0.2, 0.25) is 0 Å². The van der Waals surface area contributed by atoms with Crippen LogP contribution in [-0.2, 0) is 9.53 Å². The van der Waals surface area contributed by atoms with E-state index in [0.717, 1.165) is 78.7 Å². The number of carbonyl (C=O) groups excluding carboxylic acids is 1. The van der Waals surface area contributed by atoms with Crippen LogP contribution in [0.15, 0.2) is 61.1 Å². The fourth-order valence-electron chi connectivity index (χ4n) is 5.02. The fourth-order valence-corrected chi connectivity index (χ4v) is 5.02. The van der Waals surface area contributed by atoms with Gasteiger partial charge in [-0.15, -0.1) is 0 Å². The lowest BCUT2D eigenvalue weighted by Gasteiger charge is -2.37. The summed E-state index contributed by atoms with van der Waals surface area (Å²) in [6, 6.07) is 15.7. The van der Waals surface area contributed by atoms with Crippen molar-refractivity contribution in [2.45, 2.75) is 18.9 Å². The van der Waals surface area contributed by atoms with E-state index < -0.39 is 0 Å². The molecule has 0 radical (unpaired) electrons. The van der Waals surface area contributed by atoms with Crippen molar-refractivity contribution in [3.63, 3.8) is 0 Å². The first kappa shape index (κ1) is 23.2. The minimum Gasteiger partial charge on any atom is -0.495 e. The van der Waals surface area contributed by atoms with Crippen molar-refractivity contribution in [2.75, 3.05) is 55.0 Å². The summed E-state index contributed by atoms with van der Waals surface area (Å²) in [5.41, 5.74) is 3.45. The smallest absolute Gasteiger partial charge is 0.253 e. The van der Waals surface area contributed by atoms with E-state index in [1.165, 1.54) is 0 Å². The lowest BCUT2D eigenvalue weighted by atomic mass is 10.2. The molecule has 2 saturated heterocycles. The van der Waals surface area contributed by atoms with Gasteiger partial charge in [-0.05, 0) is 43.2 Å². The molecule has 1 N–H and O–H groups in total. The van der Waals surface area contributed by atoms with Crippen molar-refractivity contribution in [3.8, 4) is 11.4 Å². The normalized spacial score (nSPS) is 17.8. The number of anilines is 3. The van der Waals surface area contributed by atoms with Gasteiger partial charge in [0, 0.05) is 38.5 Å². The van der Waals surface area contributed by atoms with Gasteiger partial charge in [-0.1, -0.05) is 18.2 Å². The van der Waals surface area contributed by atoms with E-state index >= 15 is 0 Å². The zero-order valence-electron chi connectivity index (χ0n) is 20.7. The Morgan fingerprint density at radius 3 is 2.62 bits per heavy atom. The second-order valence-electron chi connectivity index (χ2n) is 9.18. The Labute approximate surface area is 214 Å². The topological polar surface area (TPSA) is 97.6 Å². The van der Waals surface area contributed by atoms with Gasteiger partial charge in [0.25, 0.3) is 5.91 Å². The Balaban J connectivity index is 1.19. The molecule has 0 bridgehead atoms. The zero-order chi connectivity index (χ0) is 25.2. The third-order valence-electron chi connectivity index (χ3n) is 6.93. The number of nitrogens with one attached hydrogen (secondary N) is 1. The summed E-state index contributed by atoms with van der Waals surface area (Å²) in [5.74, 6) is 1.57. The highest BCUT2D eigenvalue weighted by atomic mass is 16.5. The van der Waals surface area contributed by atoms with E-state index in [1.54, 1.807) is 13.4 Å². The maximum atomic E-state index is 12.5. The predicted molar refractivity (Wildman–Crippen MR) is 142 cm³/mol. The van der Waals surface area contributed by atoms with Crippen LogP contribution < -0.4 is 19.9 Å². The number of aromatic nitrogens is 4. The molecule has 190 valence electrons. The van der Waals surface area contributed by atoms with Gasteiger partial charge in [-0.3, -0.25) is 4.79 Å². The van der Waals surface area contributed by atoms with Crippen molar-refractivity contribution in [3.05, 3.63) is 61.1 Å². The van der Waals surface area contributed by atoms with Crippen LogP contribution in [0.25, 0.3) is 16.7 Å². The minimum absolute atomic E-state index is 0.0951. The Morgan fingerprint density at radius 1 is 1.05 bits per heavy atom. The molecule has 4 heterocycles. The van der Waals surface area contributed by atoms with Crippen molar-refractivity contribution in [1.82, 2.24) is 19.7 Å². The van der Waals surface area contributed by atoms with Crippen molar-refractivity contribution in [1.29, 1.82) is 0 Å². The Bertz CT molecular complexity index is 1390. The molecule has 1 atom stereocenters. The molecule has 1 amide bonds. The maximum absolute atomic E-state index is 12.5. The molecule has 2 aliphatic heterocycles. The van der Waals surface area contributed by atoms with E-state index in [-0.39, 0.29) is 12.0 Å². The molecule has 0 saturated carbocycles. The minimum atomic E-state index is -0.370. The number of benzene rings is 2. The largest absolute Gasteiger partial charge is 0.495 e. The van der Waals surface area contributed by atoms with Crippen LogP contribution in [0.5, 0.6) is 5.75 Å². The van der Waals surface area contributed by atoms with Crippen LogP contribution in [0.4, 0.5) is 17.2 Å². The van der Waals surface area contributed by atoms with Gasteiger partial charge < -0.3 is 24.6 Å². The van der Waals surface area contributed by atoms with E-state index in [1.807, 2.05) is 59.4 Å². The first-order chi connectivity index (χ1) is 18.2. The summed E-state index contributed by atoms with van der Waals surface area (Å²) >= 11 is 0. The van der Waals surface area contributed by atoms with Crippen LogP contribution in [0.3, 0.4) is 0 Å². The number of fused-ring (bicyclic) bond motifs is 1. The lowest BCUT2D eigenvalue weighted by Crippen LogP contribution is -2.47. The Hall–Kier alpha value is -4.18. The molecule has 2 aromatic carbocycles. The summed E-state index contributed by atoms with van der Waals surface area (Å²) in [5, 5.41) is 8.51. The van der Waals surface area contributed by atoms with Gasteiger partial charge in [0.1, 0.15) is 24.0 Å². The van der Waals surface area contributed by atoms with Crippen LogP contribution in [-0.4, -0.2) is 71.7 Å². The van der Waals surface area contributed by atoms with E-state index in [0.29, 0.717) is 6.61 Å². The molecular formula is C27H29N7O3. The SMILES string of the molecule is COc1ccc(NC(=O)C2CCCO2)cc1N1CCN(c2ncnc3c2cnn3-c2ccccc2)CC1. The highest BCUT2D eigenvalue weighted by Crippen LogP contribution is 2.33. The zero-order valence-corrected chi connectivity index (χ0v) is 20.7. The van der Waals surface area contributed by atoms with Gasteiger partial charge in [-0.2, -0.15) is 5.10 Å². The molecule has 0 spiro atoms. The molecule has 10 heteroatoms. The number of para-hydroxylation sites is 1. The first-order valence-electron chi connectivity index (χ1n) is 12.6. The third kappa shape index (κ3) is 4.55. The molecule has 10 nitrogen and oxygen atoms in total. The highest BCUT2D eigenvalue weighted by Gasteiger charge is 2.26. The first-order valence-corrected chi connectivity index (χ1v) is 12.6. The van der Waals surface area contributed by atoms with Crippen LogP contribution in [0.2, 0.25) is 0 Å². The van der Waals surface area contributed by atoms with E-state index in [9.17, 15) is 4.79 Å². The predicted octanol–water partition coefficient (Wildman–Crippen LogP) is 3.27. The number of ether oxygens (including phenoxy) is 2. The molecule has 2 aliphatic rings. The second-order valence-corrected chi connectivity index (χ2v) is 9.18. The number of piperazine rings is 1. The summed E-state index contributed by atoms with van der Waals surface area (Å²) in [6.07, 6.45) is 4.76.